The predicted molar refractivity (Wildman–Crippen MR) is 65.9 cm³/mol. The van der Waals surface area contributed by atoms with E-state index in [0.29, 0.717) is 0 Å². The fourth-order valence-corrected chi connectivity index (χ4v) is 1.80. The first kappa shape index (κ1) is 13.6. The first-order valence-corrected chi connectivity index (χ1v) is 5.74. The van der Waals surface area contributed by atoms with E-state index < -0.39 is 28.8 Å². The Bertz CT molecular complexity index is 668. The van der Waals surface area contributed by atoms with Gasteiger partial charge in [-0.15, -0.1) is 0 Å². The molecular formula is C14H8ClF3O. The van der Waals surface area contributed by atoms with Gasteiger partial charge in [-0.1, -0.05) is 17.7 Å². The van der Waals surface area contributed by atoms with Crippen LogP contribution in [0.25, 0.3) is 0 Å². The highest BCUT2D eigenvalue weighted by Gasteiger charge is 2.21. The number of benzene rings is 2. The largest absolute Gasteiger partial charge is 0.288 e. The maximum Gasteiger partial charge on any atom is 0.199 e. The second-order valence-electron chi connectivity index (χ2n) is 4.01. The Kier molecular flexibility index (Phi) is 3.62. The minimum Gasteiger partial charge on any atom is -0.288 e. The van der Waals surface area contributed by atoms with Crippen LogP contribution >= 0.6 is 11.6 Å². The summed E-state index contributed by atoms with van der Waals surface area (Å²) in [6.45, 7) is 1.37. The summed E-state index contributed by atoms with van der Waals surface area (Å²) in [4.78, 5) is 12.0. The zero-order valence-corrected chi connectivity index (χ0v) is 10.6. The third-order valence-corrected chi connectivity index (χ3v) is 2.93. The molecule has 0 spiro atoms. The Morgan fingerprint density at radius 2 is 1.63 bits per heavy atom. The lowest BCUT2D eigenvalue weighted by atomic mass is 10.0. The molecule has 0 aliphatic rings. The number of hydrogen-bond acceptors (Lipinski definition) is 1. The van der Waals surface area contributed by atoms with Gasteiger partial charge < -0.3 is 0 Å². The Morgan fingerprint density at radius 3 is 2.26 bits per heavy atom. The van der Waals surface area contributed by atoms with Gasteiger partial charge in [-0.3, -0.25) is 4.79 Å². The number of rotatable bonds is 2. The predicted octanol–water partition coefficient (Wildman–Crippen LogP) is 4.30. The Morgan fingerprint density at radius 1 is 1.00 bits per heavy atom. The van der Waals surface area contributed by atoms with Crippen molar-refractivity contribution in [1.82, 2.24) is 0 Å². The zero-order chi connectivity index (χ0) is 14.2. The smallest absolute Gasteiger partial charge is 0.199 e. The summed E-state index contributed by atoms with van der Waals surface area (Å²) >= 11 is 5.56. The topological polar surface area (TPSA) is 17.1 Å². The Balaban J connectivity index is 2.53. The maximum absolute atomic E-state index is 13.7. The van der Waals surface area contributed by atoms with Crippen molar-refractivity contribution >= 4 is 17.4 Å². The molecule has 0 aromatic heterocycles. The molecule has 0 aliphatic carbocycles. The van der Waals surface area contributed by atoms with Crippen LogP contribution in [0.1, 0.15) is 21.5 Å². The third kappa shape index (κ3) is 2.49. The van der Waals surface area contributed by atoms with Crippen molar-refractivity contribution < 1.29 is 18.0 Å². The van der Waals surface area contributed by atoms with Gasteiger partial charge in [0.15, 0.2) is 17.4 Å². The number of carbonyl (C=O) groups excluding carboxylic acids is 1. The molecule has 0 heterocycles. The summed E-state index contributed by atoms with van der Waals surface area (Å²) in [5, 5.41) is 0.115. The molecule has 0 unspecified atom stereocenters. The number of hydrogen-bond donors (Lipinski definition) is 0. The first-order valence-electron chi connectivity index (χ1n) is 5.36. The molecule has 1 nitrogen and oxygen atoms in total. The summed E-state index contributed by atoms with van der Waals surface area (Å²) in [7, 11) is 0. The molecule has 0 saturated carbocycles. The molecular weight excluding hydrogens is 277 g/mol. The molecule has 0 saturated heterocycles. The minimum absolute atomic E-state index is 0.0747. The molecule has 0 atom stereocenters. The van der Waals surface area contributed by atoms with E-state index in [1.807, 2.05) is 0 Å². The van der Waals surface area contributed by atoms with Gasteiger partial charge in [0.05, 0.1) is 11.1 Å². The maximum atomic E-state index is 13.7. The summed E-state index contributed by atoms with van der Waals surface area (Å²) < 4.78 is 40.6. The van der Waals surface area contributed by atoms with Gasteiger partial charge in [-0.05, 0) is 36.8 Å². The fourth-order valence-electron chi connectivity index (χ4n) is 1.64. The van der Waals surface area contributed by atoms with Crippen LogP contribution in [0.5, 0.6) is 0 Å². The second kappa shape index (κ2) is 5.05. The van der Waals surface area contributed by atoms with Crippen molar-refractivity contribution in [3.63, 3.8) is 0 Å². The van der Waals surface area contributed by atoms with Crippen LogP contribution in [0.2, 0.25) is 5.02 Å². The van der Waals surface area contributed by atoms with Crippen molar-refractivity contribution in [2.75, 3.05) is 0 Å². The summed E-state index contributed by atoms with van der Waals surface area (Å²) in [6.07, 6.45) is 0. The van der Waals surface area contributed by atoms with Crippen molar-refractivity contribution in [1.29, 1.82) is 0 Å². The lowest BCUT2D eigenvalue weighted by Crippen LogP contribution is -2.08. The van der Waals surface area contributed by atoms with Crippen LogP contribution < -0.4 is 0 Å². The number of ketones is 1. The molecule has 0 radical (unpaired) electrons. The van der Waals surface area contributed by atoms with Gasteiger partial charge in [0.25, 0.3) is 0 Å². The van der Waals surface area contributed by atoms with E-state index in [0.717, 1.165) is 18.2 Å². The van der Waals surface area contributed by atoms with Crippen molar-refractivity contribution in [3.8, 4) is 0 Å². The van der Waals surface area contributed by atoms with Crippen LogP contribution in [0, 0.1) is 24.4 Å². The highest BCUT2D eigenvalue weighted by molar-refractivity contribution is 6.30. The molecule has 5 heteroatoms. The van der Waals surface area contributed by atoms with Gasteiger partial charge in [0.2, 0.25) is 0 Å². The monoisotopic (exact) mass is 284 g/mol. The normalized spacial score (nSPS) is 10.6. The summed E-state index contributed by atoms with van der Waals surface area (Å²) in [5.74, 6) is -4.19. The third-order valence-electron chi connectivity index (χ3n) is 2.70. The summed E-state index contributed by atoms with van der Waals surface area (Å²) in [5.41, 5.74) is -0.790. The van der Waals surface area contributed by atoms with Gasteiger partial charge in [0.1, 0.15) is 5.82 Å². The molecule has 0 N–H and O–H groups in total. The zero-order valence-electron chi connectivity index (χ0n) is 9.81. The van der Waals surface area contributed by atoms with E-state index in [1.54, 1.807) is 0 Å². The molecule has 0 aliphatic heterocycles. The molecule has 0 amide bonds. The Labute approximate surface area is 112 Å². The van der Waals surface area contributed by atoms with E-state index >= 15 is 0 Å². The average molecular weight is 285 g/mol. The van der Waals surface area contributed by atoms with Gasteiger partial charge >= 0.3 is 0 Å². The van der Waals surface area contributed by atoms with Crippen molar-refractivity contribution in [2.24, 2.45) is 0 Å². The van der Waals surface area contributed by atoms with E-state index in [9.17, 15) is 18.0 Å². The molecule has 19 heavy (non-hydrogen) atoms. The molecule has 2 aromatic carbocycles. The van der Waals surface area contributed by atoms with Gasteiger partial charge in [-0.25, -0.2) is 13.2 Å². The lowest BCUT2D eigenvalue weighted by molar-refractivity contribution is 0.103. The van der Waals surface area contributed by atoms with Crippen LogP contribution in [-0.4, -0.2) is 5.78 Å². The van der Waals surface area contributed by atoms with Crippen molar-refractivity contribution in [2.45, 2.75) is 6.92 Å². The lowest BCUT2D eigenvalue weighted by Gasteiger charge is -2.06. The summed E-state index contributed by atoms with van der Waals surface area (Å²) in [6, 6.07) is 5.78. The second-order valence-corrected chi connectivity index (χ2v) is 4.45. The van der Waals surface area contributed by atoms with E-state index in [2.05, 4.69) is 0 Å². The highest BCUT2D eigenvalue weighted by atomic mass is 35.5. The fraction of sp³-hybridized carbons (Fsp3) is 0.0714. The van der Waals surface area contributed by atoms with Gasteiger partial charge in [0, 0.05) is 5.02 Å². The highest BCUT2D eigenvalue weighted by Crippen LogP contribution is 2.22. The first-order chi connectivity index (χ1) is 8.91. The Hall–Kier alpha value is -1.81. The number of halogens is 4. The molecule has 2 rings (SSSR count). The van der Waals surface area contributed by atoms with E-state index in [-0.39, 0.29) is 16.1 Å². The van der Waals surface area contributed by atoms with Crippen LogP contribution in [0.15, 0.2) is 30.3 Å². The van der Waals surface area contributed by atoms with Crippen LogP contribution in [0.4, 0.5) is 13.2 Å². The average Bonchev–Trinajstić information content (AvgIpc) is 2.35. The van der Waals surface area contributed by atoms with E-state index in [1.165, 1.54) is 19.1 Å². The number of aryl methyl sites for hydroxylation is 1. The number of carbonyl (C=O) groups is 1. The molecule has 98 valence electrons. The molecule has 2 aromatic rings. The standard InChI is InChI=1S/C14H8ClF3O/c1-7-2-4-10(13(18)12(7)17)14(19)9-5-3-8(15)6-11(9)16/h2-6H,1H3. The SMILES string of the molecule is Cc1ccc(C(=O)c2ccc(Cl)cc2F)c(F)c1F. The van der Waals surface area contributed by atoms with E-state index in [4.69, 9.17) is 11.6 Å². The quantitative estimate of drug-likeness (QED) is 0.752. The molecule has 0 fully saturated rings. The van der Waals surface area contributed by atoms with Crippen molar-refractivity contribution in [3.05, 3.63) is 69.5 Å². The molecule has 0 bridgehead atoms. The van der Waals surface area contributed by atoms with Gasteiger partial charge in [-0.2, -0.15) is 0 Å². The van der Waals surface area contributed by atoms with Crippen LogP contribution in [0.3, 0.4) is 0 Å². The minimum atomic E-state index is -1.28. The van der Waals surface area contributed by atoms with Crippen LogP contribution in [-0.2, 0) is 0 Å².